The highest BCUT2D eigenvalue weighted by Crippen LogP contribution is 2.48. The molecule has 9 heteroatoms. The van der Waals surface area contributed by atoms with Crippen LogP contribution >= 0.6 is 0 Å². The van der Waals surface area contributed by atoms with Gasteiger partial charge in [0.2, 0.25) is 0 Å². The summed E-state index contributed by atoms with van der Waals surface area (Å²) < 4.78 is 55.3. The number of hydrogen-bond acceptors (Lipinski definition) is 5. The van der Waals surface area contributed by atoms with Gasteiger partial charge in [-0.05, 0) is 18.2 Å². The zero-order valence-electron chi connectivity index (χ0n) is 16.2. The van der Waals surface area contributed by atoms with Crippen molar-refractivity contribution in [2.75, 3.05) is 23.7 Å². The summed E-state index contributed by atoms with van der Waals surface area (Å²) in [5.74, 6) is 0.444. The number of hydrogen-bond donors (Lipinski definition) is 2. The molecule has 5 nitrogen and oxygen atoms in total. The second kappa shape index (κ2) is 8.40. The van der Waals surface area contributed by atoms with Gasteiger partial charge >= 0.3 is 6.18 Å². The van der Waals surface area contributed by atoms with E-state index in [1.807, 2.05) is 42.5 Å². The van der Waals surface area contributed by atoms with Gasteiger partial charge in [-0.3, -0.25) is 0 Å². The molecule has 4 rings (SSSR count). The van der Waals surface area contributed by atoms with E-state index in [-0.39, 0.29) is 13.1 Å². The molecule has 0 spiro atoms. The number of alkyl halides is 3. The highest BCUT2D eigenvalue weighted by Gasteiger charge is 2.63. The molecule has 30 heavy (non-hydrogen) atoms. The van der Waals surface area contributed by atoms with Gasteiger partial charge in [0.25, 0.3) is 0 Å². The summed E-state index contributed by atoms with van der Waals surface area (Å²) in [4.78, 5) is 4.92. The van der Waals surface area contributed by atoms with Crippen molar-refractivity contribution < 1.29 is 17.4 Å². The van der Waals surface area contributed by atoms with Crippen LogP contribution in [0.4, 0.5) is 18.9 Å². The van der Waals surface area contributed by atoms with Crippen LogP contribution in [-0.4, -0.2) is 30.0 Å². The molecule has 1 aliphatic rings. The molecule has 0 unspecified atom stereocenters. The van der Waals surface area contributed by atoms with E-state index in [1.165, 1.54) is 6.07 Å². The van der Waals surface area contributed by atoms with Gasteiger partial charge in [0, 0.05) is 40.9 Å². The zero-order chi connectivity index (χ0) is 21.9. The van der Waals surface area contributed by atoms with Crippen molar-refractivity contribution >= 4 is 27.2 Å². The SMILES string of the molecule is CC[S-](=N)=O.N#CC1(C(F)(F)F)CN(c2ccccc2-c2cc3ccccc3[nH]2)C1. The average molecular weight is 433 g/mol. The molecule has 2 heterocycles. The number of aromatic amines is 1. The van der Waals surface area contributed by atoms with E-state index in [0.717, 1.165) is 22.2 Å². The van der Waals surface area contributed by atoms with Crippen LogP contribution in [-0.2, 0) is 14.8 Å². The van der Waals surface area contributed by atoms with Crippen molar-refractivity contribution in [3.63, 3.8) is 0 Å². The number of H-pyrrole nitrogens is 1. The van der Waals surface area contributed by atoms with E-state index in [2.05, 4.69) is 4.98 Å². The van der Waals surface area contributed by atoms with Crippen LogP contribution in [0.5, 0.6) is 0 Å². The average Bonchev–Trinajstić information content (AvgIpc) is 3.11. The Kier molecular flexibility index (Phi) is 6.08. The molecule has 0 amide bonds. The highest BCUT2D eigenvalue weighted by molar-refractivity contribution is 7.73. The van der Waals surface area contributed by atoms with Gasteiger partial charge in [-0.25, -0.2) is 0 Å². The second-order valence-corrected chi connectivity index (χ2v) is 8.24. The minimum absolute atomic E-state index is 0.343. The Bertz CT molecular complexity index is 1110. The standard InChI is InChI=1S/C19H14F3N3.C2H6NOS/c20-19(21,22)18(10-23)11-25(12-18)17-8-4-2-6-14(17)16-9-13-5-1-3-7-15(13)24-16;1-2-5(3)4/h1-9,24H,11-12H2;3H,2H2,1H3/q;-1. The molecule has 2 aromatic carbocycles. The molecule has 1 aromatic heterocycles. The molecule has 0 radical (unpaired) electrons. The lowest BCUT2D eigenvalue weighted by Gasteiger charge is -2.48. The van der Waals surface area contributed by atoms with Crippen LogP contribution in [0, 0.1) is 21.5 Å². The molecular weight excluding hydrogens is 413 g/mol. The number of nitriles is 1. The first-order valence-corrected chi connectivity index (χ1v) is 10.5. The molecule has 1 aliphatic heterocycles. The Morgan fingerprint density at radius 3 is 2.37 bits per heavy atom. The third-order valence-electron chi connectivity index (χ3n) is 5.01. The third kappa shape index (κ3) is 4.14. The number of nitrogens with one attached hydrogen (secondary N) is 2. The van der Waals surface area contributed by atoms with E-state index >= 15 is 0 Å². The van der Waals surface area contributed by atoms with Gasteiger partial charge in [0.15, 0.2) is 5.41 Å². The summed E-state index contributed by atoms with van der Waals surface area (Å²) in [6, 6.07) is 18.5. The topological polar surface area (TPSA) is 83.7 Å². The van der Waals surface area contributed by atoms with Crippen LogP contribution in [0.15, 0.2) is 54.6 Å². The number of benzene rings is 2. The predicted molar refractivity (Wildman–Crippen MR) is 111 cm³/mol. The first-order chi connectivity index (χ1) is 14.2. The lowest BCUT2D eigenvalue weighted by Crippen LogP contribution is -2.63. The normalized spacial score (nSPS) is 15.3. The van der Waals surface area contributed by atoms with Gasteiger partial charge < -0.3 is 18.9 Å². The maximum Gasteiger partial charge on any atom is 0.410 e. The van der Waals surface area contributed by atoms with E-state index in [0.29, 0.717) is 11.4 Å². The smallest absolute Gasteiger partial charge is 0.410 e. The van der Waals surface area contributed by atoms with Crippen molar-refractivity contribution in [2.24, 2.45) is 5.41 Å². The Balaban J connectivity index is 0.000000461. The quantitative estimate of drug-likeness (QED) is 0.538. The number of anilines is 1. The monoisotopic (exact) mass is 433 g/mol. The van der Waals surface area contributed by atoms with Gasteiger partial charge in [-0.1, -0.05) is 49.1 Å². The summed E-state index contributed by atoms with van der Waals surface area (Å²) >= 11 is 0. The summed E-state index contributed by atoms with van der Waals surface area (Å²) in [6.45, 7) is 1.03. The first kappa shape index (κ1) is 21.7. The van der Waals surface area contributed by atoms with E-state index in [4.69, 9.17) is 10.0 Å². The lowest BCUT2D eigenvalue weighted by atomic mass is 9.79. The third-order valence-corrected chi connectivity index (χ3v) is 5.53. The fraction of sp³-hybridized carbons (Fsp3) is 0.286. The number of nitrogens with zero attached hydrogens (tertiary/aromatic N) is 2. The number of rotatable bonds is 3. The number of aromatic nitrogens is 1. The number of para-hydroxylation sites is 2. The molecule has 3 aromatic rings. The van der Waals surface area contributed by atoms with Crippen LogP contribution in [0.1, 0.15) is 6.92 Å². The molecule has 158 valence electrons. The predicted octanol–water partition coefficient (Wildman–Crippen LogP) is 5.46. The molecule has 2 N–H and O–H groups in total. The minimum atomic E-state index is -4.52. The molecule has 0 saturated carbocycles. The number of halogens is 3. The zero-order valence-corrected chi connectivity index (χ0v) is 17.0. The molecule has 0 atom stereocenters. The van der Waals surface area contributed by atoms with Crippen LogP contribution in [0.2, 0.25) is 0 Å². The maximum atomic E-state index is 13.2. The van der Waals surface area contributed by atoms with Crippen LogP contribution in [0.3, 0.4) is 0 Å². The highest BCUT2D eigenvalue weighted by atomic mass is 32.2. The molecule has 1 fully saturated rings. The van der Waals surface area contributed by atoms with Gasteiger partial charge in [0.05, 0.1) is 6.07 Å². The Hall–Kier alpha value is -2.99. The minimum Gasteiger partial charge on any atom is -0.445 e. The Morgan fingerprint density at radius 2 is 1.80 bits per heavy atom. The maximum absolute atomic E-state index is 13.2. The summed E-state index contributed by atoms with van der Waals surface area (Å²) in [5.41, 5.74) is 1.06. The van der Waals surface area contributed by atoms with Crippen molar-refractivity contribution in [1.82, 2.24) is 4.98 Å². The first-order valence-electron chi connectivity index (χ1n) is 9.20. The summed E-state index contributed by atoms with van der Waals surface area (Å²) in [6.07, 6.45) is -4.52. The van der Waals surface area contributed by atoms with E-state index in [9.17, 15) is 17.4 Å². The Labute approximate surface area is 174 Å². The summed E-state index contributed by atoms with van der Waals surface area (Å²) in [7, 11) is -1.32. The van der Waals surface area contributed by atoms with Crippen molar-refractivity contribution in [3.8, 4) is 17.3 Å². The molecule has 0 aliphatic carbocycles. The lowest BCUT2D eigenvalue weighted by molar-refractivity contribution is -0.209. The molecule has 1 saturated heterocycles. The van der Waals surface area contributed by atoms with Crippen molar-refractivity contribution in [3.05, 3.63) is 54.6 Å². The molecule has 0 bridgehead atoms. The van der Waals surface area contributed by atoms with E-state index in [1.54, 1.807) is 24.0 Å². The van der Waals surface area contributed by atoms with Crippen molar-refractivity contribution in [2.45, 2.75) is 13.1 Å². The summed E-state index contributed by atoms with van der Waals surface area (Å²) in [5, 5.41) is 10.1. The molecular formula is C21H20F3N4OS-. The van der Waals surface area contributed by atoms with Gasteiger partial charge in [0.1, 0.15) is 0 Å². The fourth-order valence-corrected chi connectivity index (χ4v) is 3.28. The number of fused-ring (bicyclic) bond motifs is 1. The van der Waals surface area contributed by atoms with Crippen molar-refractivity contribution in [1.29, 1.82) is 10.0 Å². The van der Waals surface area contributed by atoms with E-state index < -0.39 is 22.2 Å². The Morgan fingerprint density at radius 1 is 1.20 bits per heavy atom. The second-order valence-electron chi connectivity index (χ2n) is 6.97. The van der Waals surface area contributed by atoms with Gasteiger partial charge in [-0.15, -0.1) is 0 Å². The van der Waals surface area contributed by atoms with Crippen LogP contribution < -0.4 is 4.90 Å². The fourth-order valence-electron chi connectivity index (χ4n) is 3.28. The van der Waals surface area contributed by atoms with Gasteiger partial charge in [-0.2, -0.15) is 29.0 Å². The van der Waals surface area contributed by atoms with Crippen LogP contribution in [0.25, 0.3) is 22.2 Å². The largest absolute Gasteiger partial charge is 0.445 e.